The summed E-state index contributed by atoms with van der Waals surface area (Å²) in [5.41, 5.74) is 5.57. The summed E-state index contributed by atoms with van der Waals surface area (Å²) in [7, 11) is 0. The van der Waals surface area contributed by atoms with Crippen LogP contribution in [0.2, 0.25) is 0 Å². The molecule has 2 aliphatic rings. The molecule has 5 aromatic rings. The van der Waals surface area contributed by atoms with Crippen LogP contribution in [-0.4, -0.2) is 72.9 Å². The third-order valence-electron chi connectivity index (χ3n) is 10.9. The molecule has 1 N–H and O–H groups in total. The van der Waals surface area contributed by atoms with Gasteiger partial charge in [-0.05, 0) is 53.7 Å². The molecule has 0 radical (unpaired) electrons. The quantitative estimate of drug-likeness (QED) is 0.0577. The fourth-order valence-electron chi connectivity index (χ4n) is 7.71. The van der Waals surface area contributed by atoms with Crippen LogP contribution in [0.25, 0.3) is 0 Å². The molecular weight excluding hydrogens is 758 g/mol. The van der Waals surface area contributed by atoms with Crippen molar-refractivity contribution in [1.29, 1.82) is 0 Å². The second-order valence-electron chi connectivity index (χ2n) is 15.9. The zero-order chi connectivity index (χ0) is 41.6. The van der Waals surface area contributed by atoms with Crippen LogP contribution >= 0.6 is 0 Å². The van der Waals surface area contributed by atoms with E-state index in [-0.39, 0.29) is 26.2 Å². The number of benzene rings is 5. The van der Waals surface area contributed by atoms with Crippen LogP contribution in [-0.2, 0) is 70.9 Å². The fraction of sp³-hybridized carbons (Fsp3) is 0.373. The summed E-state index contributed by atoms with van der Waals surface area (Å²) < 4.78 is 52.8. The van der Waals surface area contributed by atoms with Crippen LogP contribution in [0.1, 0.15) is 48.1 Å². The normalized spacial score (nSPS) is 23.5. The third-order valence-corrected chi connectivity index (χ3v) is 10.9. The van der Waals surface area contributed by atoms with Crippen molar-refractivity contribution in [2.75, 3.05) is 13.2 Å². The SMILES string of the molecule is CC1(C)OC[C@H]([C@@H](OCc2ccccc2)[C@H](O)C(=[13CH2])C[C@H]2O[C@H](COCc3ccccc3)[C@@H](OCc3ccccc3)[C@H](OCc3ccccc3)[C@H]2OCc2ccccc2)O1. The van der Waals surface area contributed by atoms with Crippen molar-refractivity contribution >= 4 is 0 Å². The Morgan fingerprint density at radius 3 is 1.47 bits per heavy atom. The molecule has 0 unspecified atom stereocenters. The predicted octanol–water partition coefficient (Wildman–Crippen LogP) is 8.77. The number of hydrogen-bond donors (Lipinski definition) is 1. The third kappa shape index (κ3) is 12.5. The van der Waals surface area contributed by atoms with E-state index in [2.05, 4.69) is 6.58 Å². The van der Waals surface area contributed by atoms with E-state index in [4.69, 9.17) is 37.9 Å². The van der Waals surface area contributed by atoms with Gasteiger partial charge in [-0.15, -0.1) is 0 Å². The zero-order valence-corrected chi connectivity index (χ0v) is 34.6. The smallest absolute Gasteiger partial charge is 0.163 e. The van der Waals surface area contributed by atoms with Crippen LogP contribution in [0.5, 0.6) is 0 Å². The molecule has 5 aromatic carbocycles. The minimum absolute atomic E-state index is 0.224. The first kappa shape index (κ1) is 43.6. The highest BCUT2D eigenvalue weighted by Gasteiger charge is 2.49. The first-order valence-electron chi connectivity index (χ1n) is 20.9. The van der Waals surface area contributed by atoms with Crippen molar-refractivity contribution in [1.82, 2.24) is 0 Å². The molecule has 0 amide bonds. The van der Waals surface area contributed by atoms with E-state index < -0.39 is 54.6 Å². The van der Waals surface area contributed by atoms with Crippen molar-refractivity contribution in [2.24, 2.45) is 0 Å². The van der Waals surface area contributed by atoms with Gasteiger partial charge in [0.25, 0.3) is 0 Å². The molecule has 8 atom stereocenters. The summed E-state index contributed by atoms with van der Waals surface area (Å²) in [5.74, 6) is -0.825. The highest BCUT2D eigenvalue weighted by atomic mass is 16.8. The van der Waals surface area contributed by atoms with Gasteiger partial charge in [-0.1, -0.05) is 158 Å². The van der Waals surface area contributed by atoms with Crippen molar-refractivity contribution in [2.45, 2.75) is 108 Å². The maximum absolute atomic E-state index is 12.2. The summed E-state index contributed by atoms with van der Waals surface area (Å²) >= 11 is 0. The Morgan fingerprint density at radius 2 is 1.02 bits per heavy atom. The Hall–Kier alpha value is -4.52. The summed E-state index contributed by atoms with van der Waals surface area (Å²) in [5, 5.41) is 12.2. The van der Waals surface area contributed by atoms with Gasteiger partial charge < -0.3 is 43.0 Å². The van der Waals surface area contributed by atoms with Crippen molar-refractivity contribution in [3.63, 3.8) is 0 Å². The molecule has 9 heteroatoms. The second kappa shape index (κ2) is 21.8. The maximum atomic E-state index is 12.2. The highest BCUT2D eigenvalue weighted by molar-refractivity contribution is 5.18. The largest absolute Gasteiger partial charge is 0.386 e. The second-order valence-corrected chi connectivity index (χ2v) is 15.9. The molecule has 2 aliphatic heterocycles. The Balaban J connectivity index is 1.19. The lowest BCUT2D eigenvalue weighted by molar-refractivity contribution is -0.272. The van der Waals surface area contributed by atoms with E-state index in [1.165, 1.54) is 0 Å². The molecular formula is C51H58O9. The highest BCUT2D eigenvalue weighted by Crippen LogP contribution is 2.36. The Kier molecular flexibility index (Phi) is 15.9. The first-order valence-corrected chi connectivity index (χ1v) is 20.9. The number of ether oxygens (including phenoxy) is 8. The summed E-state index contributed by atoms with van der Waals surface area (Å²) in [6.45, 7) is 10.3. The average Bonchev–Trinajstić information content (AvgIpc) is 3.65. The molecule has 7 rings (SSSR count). The molecule has 0 bridgehead atoms. The monoisotopic (exact) mass is 815 g/mol. The lowest BCUT2D eigenvalue weighted by atomic mass is 9.89. The van der Waals surface area contributed by atoms with E-state index >= 15 is 0 Å². The molecule has 2 fully saturated rings. The van der Waals surface area contributed by atoms with Crippen molar-refractivity contribution in [3.05, 3.63) is 192 Å². The van der Waals surface area contributed by atoms with Crippen LogP contribution in [0, 0.1) is 0 Å². The molecule has 316 valence electrons. The maximum Gasteiger partial charge on any atom is 0.163 e. The van der Waals surface area contributed by atoms with Crippen LogP contribution in [0.15, 0.2) is 164 Å². The summed E-state index contributed by atoms with van der Waals surface area (Å²) in [4.78, 5) is 0. The van der Waals surface area contributed by atoms with Gasteiger partial charge in [0.05, 0.1) is 52.4 Å². The van der Waals surface area contributed by atoms with Gasteiger partial charge in [-0.3, -0.25) is 0 Å². The van der Waals surface area contributed by atoms with Gasteiger partial charge in [0, 0.05) is 0 Å². The summed E-state index contributed by atoms with van der Waals surface area (Å²) in [6.07, 6.45) is -5.23. The number of aliphatic hydroxyl groups excluding tert-OH is 1. The zero-order valence-electron chi connectivity index (χ0n) is 34.6. The lowest BCUT2D eigenvalue weighted by Crippen LogP contribution is -2.61. The molecule has 2 heterocycles. The number of aliphatic hydroxyl groups is 1. The lowest BCUT2D eigenvalue weighted by Gasteiger charge is -2.47. The van der Waals surface area contributed by atoms with E-state index in [1.807, 2.05) is 166 Å². The first-order chi connectivity index (χ1) is 29.3. The Labute approximate surface area is 354 Å². The molecule has 60 heavy (non-hydrogen) atoms. The van der Waals surface area contributed by atoms with Crippen LogP contribution in [0.3, 0.4) is 0 Å². The number of hydrogen-bond acceptors (Lipinski definition) is 9. The summed E-state index contributed by atoms with van der Waals surface area (Å²) in [6, 6.07) is 50.1. The molecule has 0 saturated carbocycles. The van der Waals surface area contributed by atoms with Gasteiger partial charge in [-0.25, -0.2) is 0 Å². The molecule has 2 saturated heterocycles. The van der Waals surface area contributed by atoms with Gasteiger partial charge >= 0.3 is 0 Å². The number of rotatable bonds is 21. The van der Waals surface area contributed by atoms with E-state index in [0.717, 1.165) is 27.8 Å². The fourth-order valence-corrected chi connectivity index (χ4v) is 7.71. The molecule has 0 aromatic heterocycles. The Bertz CT molecular complexity index is 1980. The van der Waals surface area contributed by atoms with E-state index in [0.29, 0.717) is 32.0 Å². The molecule has 0 spiro atoms. The molecule has 9 nitrogen and oxygen atoms in total. The van der Waals surface area contributed by atoms with Gasteiger partial charge in [-0.2, -0.15) is 0 Å². The minimum atomic E-state index is -1.13. The average molecular weight is 816 g/mol. The predicted molar refractivity (Wildman–Crippen MR) is 230 cm³/mol. The van der Waals surface area contributed by atoms with Crippen molar-refractivity contribution in [3.8, 4) is 0 Å². The van der Waals surface area contributed by atoms with Crippen molar-refractivity contribution < 1.29 is 43.0 Å². The van der Waals surface area contributed by atoms with E-state index in [1.54, 1.807) is 0 Å². The minimum Gasteiger partial charge on any atom is -0.386 e. The standard InChI is InChI=1S/C51H58O9/c1-37(46(52)47(45-36-58-51(2,3)60-45)54-31-39-21-11-5-12-22-39)29-43-48(55-32-40-23-13-6-14-24-40)50(57-34-42-27-17-8-18-28-42)49(56-33-41-25-15-7-16-26-41)44(59-43)35-53-30-38-19-9-4-10-20-38/h4-28,43-50,52H,1,29-36H2,2-3H3/t43-,44-,45-,46-,47-,48+,49-,50-/m1/s1/i1+1. The van der Waals surface area contributed by atoms with Crippen LogP contribution in [0.4, 0.5) is 0 Å². The van der Waals surface area contributed by atoms with Gasteiger partial charge in [0.2, 0.25) is 0 Å². The Morgan fingerprint density at radius 1 is 0.600 bits per heavy atom. The van der Waals surface area contributed by atoms with Gasteiger partial charge in [0.15, 0.2) is 5.79 Å². The molecule has 0 aliphatic carbocycles. The van der Waals surface area contributed by atoms with Crippen LogP contribution < -0.4 is 0 Å². The van der Waals surface area contributed by atoms with Gasteiger partial charge in [0.1, 0.15) is 42.7 Å². The van der Waals surface area contributed by atoms with E-state index in [9.17, 15) is 5.11 Å². The topological polar surface area (TPSA) is 94.1 Å².